The SMILES string of the molecule is CC(C)=CCC/C(C)=C/C(=O)NC(CS)C(=O)O. The summed E-state index contributed by atoms with van der Waals surface area (Å²) in [4.78, 5) is 22.2. The van der Waals surface area contributed by atoms with Crippen LogP contribution in [0.15, 0.2) is 23.3 Å². The van der Waals surface area contributed by atoms with Crippen molar-refractivity contribution in [3.63, 3.8) is 0 Å². The first-order chi connectivity index (χ1) is 8.36. The smallest absolute Gasteiger partial charge is 0.327 e. The lowest BCUT2D eigenvalue weighted by Gasteiger charge is -2.10. The number of aliphatic carboxylic acids is 1. The average Bonchev–Trinajstić information content (AvgIpc) is 2.24. The fraction of sp³-hybridized carbons (Fsp3) is 0.538. The topological polar surface area (TPSA) is 66.4 Å². The predicted octanol–water partition coefficient (Wildman–Crippen LogP) is 2.18. The van der Waals surface area contributed by atoms with E-state index < -0.39 is 12.0 Å². The van der Waals surface area contributed by atoms with Crippen LogP contribution in [0.3, 0.4) is 0 Å². The number of carboxylic acids is 1. The maximum absolute atomic E-state index is 11.5. The molecule has 0 heterocycles. The van der Waals surface area contributed by atoms with Gasteiger partial charge in [0.2, 0.25) is 5.91 Å². The zero-order valence-corrected chi connectivity index (χ0v) is 12.0. The standard InChI is InChI=1S/C13H21NO3S/c1-9(2)5-4-6-10(3)7-12(15)14-11(8-18)13(16)17/h5,7,11,18H,4,6,8H2,1-3H3,(H,14,15)(H,16,17)/b10-7+. The molecule has 1 unspecified atom stereocenters. The number of thiol groups is 1. The molecule has 18 heavy (non-hydrogen) atoms. The van der Waals surface area contributed by atoms with E-state index in [1.807, 2.05) is 20.8 Å². The van der Waals surface area contributed by atoms with Crippen LogP contribution in [0, 0.1) is 0 Å². The fourth-order valence-electron chi connectivity index (χ4n) is 1.28. The molecular weight excluding hydrogens is 250 g/mol. The molecule has 1 atom stereocenters. The van der Waals surface area contributed by atoms with E-state index in [9.17, 15) is 9.59 Å². The summed E-state index contributed by atoms with van der Waals surface area (Å²) < 4.78 is 0. The highest BCUT2D eigenvalue weighted by Crippen LogP contribution is 2.06. The van der Waals surface area contributed by atoms with Crippen molar-refractivity contribution in [3.05, 3.63) is 23.3 Å². The van der Waals surface area contributed by atoms with Crippen LogP contribution in [0.25, 0.3) is 0 Å². The normalized spacial score (nSPS) is 12.8. The summed E-state index contributed by atoms with van der Waals surface area (Å²) in [7, 11) is 0. The van der Waals surface area contributed by atoms with Crippen molar-refractivity contribution in [3.8, 4) is 0 Å². The Balaban J connectivity index is 4.27. The monoisotopic (exact) mass is 271 g/mol. The van der Waals surface area contributed by atoms with Crippen LogP contribution in [0.5, 0.6) is 0 Å². The predicted molar refractivity (Wildman–Crippen MR) is 75.8 cm³/mol. The molecule has 0 aromatic carbocycles. The van der Waals surface area contributed by atoms with E-state index in [-0.39, 0.29) is 11.7 Å². The minimum atomic E-state index is -1.08. The van der Waals surface area contributed by atoms with E-state index in [1.54, 1.807) is 0 Å². The van der Waals surface area contributed by atoms with Gasteiger partial charge in [-0.05, 0) is 33.6 Å². The largest absolute Gasteiger partial charge is 0.480 e. The summed E-state index contributed by atoms with van der Waals surface area (Å²) in [5.41, 5.74) is 2.17. The number of hydrogen-bond acceptors (Lipinski definition) is 3. The van der Waals surface area contributed by atoms with Crippen molar-refractivity contribution in [2.24, 2.45) is 0 Å². The summed E-state index contributed by atoms with van der Waals surface area (Å²) >= 11 is 3.88. The lowest BCUT2D eigenvalue weighted by atomic mass is 10.1. The number of carbonyl (C=O) groups excluding carboxylic acids is 1. The van der Waals surface area contributed by atoms with Gasteiger partial charge in [-0.15, -0.1) is 0 Å². The van der Waals surface area contributed by atoms with E-state index in [0.29, 0.717) is 0 Å². The first-order valence-electron chi connectivity index (χ1n) is 5.81. The maximum Gasteiger partial charge on any atom is 0.327 e. The van der Waals surface area contributed by atoms with Crippen molar-refractivity contribution in [1.29, 1.82) is 0 Å². The molecule has 2 N–H and O–H groups in total. The van der Waals surface area contributed by atoms with Crippen LogP contribution in [0.4, 0.5) is 0 Å². The molecule has 1 amide bonds. The third-order valence-electron chi connectivity index (χ3n) is 2.27. The highest BCUT2D eigenvalue weighted by atomic mass is 32.1. The van der Waals surface area contributed by atoms with Gasteiger partial charge in [0.25, 0.3) is 0 Å². The Labute approximate surface area is 114 Å². The van der Waals surface area contributed by atoms with Crippen LogP contribution < -0.4 is 5.32 Å². The Morgan fingerprint density at radius 2 is 1.94 bits per heavy atom. The summed E-state index contributed by atoms with van der Waals surface area (Å²) in [6.07, 6.45) is 5.21. The second-order valence-corrected chi connectivity index (χ2v) is 4.76. The van der Waals surface area contributed by atoms with Crippen LogP contribution >= 0.6 is 12.6 Å². The molecule has 0 aliphatic heterocycles. The van der Waals surface area contributed by atoms with E-state index in [2.05, 4.69) is 24.0 Å². The number of rotatable bonds is 7. The van der Waals surface area contributed by atoms with Gasteiger partial charge < -0.3 is 10.4 Å². The van der Waals surface area contributed by atoms with Gasteiger partial charge in [-0.3, -0.25) is 4.79 Å². The minimum absolute atomic E-state index is 0.0751. The molecule has 0 rings (SSSR count). The summed E-state index contributed by atoms with van der Waals surface area (Å²) in [6.45, 7) is 5.90. The van der Waals surface area contributed by atoms with Crippen molar-refractivity contribution in [1.82, 2.24) is 5.32 Å². The maximum atomic E-state index is 11.5. The van der Waals surface area contributed by atoms with E-state index in [0.717, 1.165) is 18.4 Å². The lowest BCUT2D eigenvalue weighted by Crippen LogP contribution is -2.41. The number of hydrogen-bond donors (Lipinski definition) is 3. The Hall–Kier alpha value is -1.23. The molecule has 0 aromatic heterocycles. The zero-order valence-electron chi connectivity index (χ0n) is 11.1. The number of allylic oxidation sites excluding steroid dienone is 3. The molecule has 4 nitrogen and oxygen atoms in total. The zero-order chi connectivity index (χ0) is 14.1. The third-order valence-corrected chi connectivity index (χ3v) is 2.63. The number of nitrogens with one attached hydrogen (secondary N) is 1. The number of carbonyl (C=O) groups is 2. The molecular formula is C13H21NO3S. The summed E-state index contributed by atoms with van der Waals surface area (Å²) in [6, 6.07) is -0.942. The Morgan fingerprint density at radius 1 is 1.33 bits per heavy atom. The Kier molecular flexibility index (Phi) is 8.20. The Morgan fingerprint density at radius 3 is 2.39 bits per heavy atom. The van der Waals surface area contributed by atoms with Crippen molar-refractivity contribution >= 4 is 24.5 Å². The van der Waals surface area contributed by atoms with Gasteiger partial charge in [0.05, 0.1) is 0 Å². The molecule has 0 aliphatic carbocycles. The lowest BCUT2D eigenvalue weighted by molar-refractivity contribution is -0.140. The highest BCUT2D eigenvalue weighted by Gasteiger charge is 2.16. The van der Waals surface area contributed by atoms with Gasteiger partial charge >= 0.3 is 5.97 Å². The highest BCUT2D eigenvalue weighted by molar-refractivity contribution is 7.80. The van der Waals surface area contributed by atoms with Crippen molar-refractivity contribution in [2.75, 3.05) is 5.75 Å². The van der Waals surface area contributed by atoms with E-state index >= 15 is 0 Å². The molecule has 0 bridgehead atoms. The average molecular weight is 271 g/mol. The fourth-order valence-corrected chi connectivity index (χ4v) is 1.53. The number of carboxylic acid groups (broad SMARTS) is 1. The quantitative estimate of drug-likeness (QED) is 0.378. The molecule has 0 saturated heterocycles. The minimum Gasteiger partial charge on any atom is -0.480 e. The molecule has 0 radical (unpaired) electrons. The van der Waals surface area contributed by atoms with Gasteiger partial charge in [0, 0.05) is 11.8 Å². The molecule has 102 valence electrons. The van der Waals surface area contributed by atoms with Gasteiger partial charge in [-0.2, -0.15) is 12.6 Å². The van der Waals surface area contributed by atoms with Crippen LogP contribution in [0.1, 0.15) is 33.6 Å². The number of amides is 1. The second-order valence-electron chi connectivity index (χ2n) is 4.39. The molecule has 0 aromatic rings. The molecule has 5 heteroatoms. The van der Waals surface area contributed by atoms with Gasteiger partial charge in [-0.25, -0.2) is 4.79 Å². The molecule has 0 spiro atoms. The van der Waals surface area contributed by atoms with Gasteiger partial charge in [0.15, 0.2) is 0 Å². The van der Waals surface area contributed by atoms with E-state index in [1.165, 1.54) is 11.6 Å². The van der Waals surface area contributed by atoms with Gasteiger partial charge in [-0.1, -0.05) is 17.2 Å². The van der Waals surface area contributed by atoms with Crippen molar-refractivity contribution < 1.29 is 14.7 Å². The van der Waals surface area contributed by atoms with E-state index in [4.69, 9.17) is 5.11 Å². The first-order valence-corrected chi connectivity index (χ1v) is 6.44. The summed E-state index contributed by atoms with van der Waals surface area (Å²) in [5.74, 6) is -1.38. The molecule has 0 aliphatic rings. The third kappa shape index (κ3) is 7.95. The van der Waals surface area contributed by atoms with Crippen molar-refractivity contribution in [2.45, 2.75) is 39.7 Å². The van der Waals surface area contributed by atoms with Crippen LogP contribution in [-0.2, 0) is 9.59 Å². The van der Waals surface area contributed by atoms with Crippen LogP contribution in [0.2, 0.25) is 0 Å². The molecule has 0 fully saturated rings. The van der Waals surface area contributed by atoms with Crippen LogP contribution in [-0.4, -0.2) is 28.8 Å². The second kappa shape index (κ2) is 8.80. The summed E-state index contributed by atoms with van der Waals surface area (Å²) in [5, 5.41) is 11.2. The molecule has 0 saturated carbocycles. The Bertz CT molecular complexity index is 357. The van der Waals surface area contributed by atoms with Gasteiger partial charge in [0.1, 0.15) is 6.04 Å². The first kappa shape index (κ1) is 16.8.